The Bertz CT molecular complexity index is 2070. The first-order chi connectivity index (χ1) is 24.2. The molecule has 6 heteroatoms. The summed E-state index contributed by atoms with van der Waals surface area (Å²) >= 11 is 0. The minimum absolute atomic E-state index is 0.562. The molecule has 0 fully saturated rings. The average Bonchev–Trinajstić information content (AvgIpc) is 3.19. The van der Waals surface area contributed by atoms with Crippen LogP contribution >= 0.6 is 0 Å². The molecule has 0 aliphatic heterocycles. The second-order valence-electron chi connectivity index (χ2n) is 11.4. The molecule has 6 nitrogen and oxygen atoms in total. The lowest BCUT2D eigenvalue weighted by molar-refractivity contribution is 0.483. The van der Waals surface area contributed by atoms with Crippen molar-refractivity contribution in [2.45, 2.75) is 0 Å². The van der Waals surface area contributed by atoms with E-state index in [0.717, 1.165) is 44.8 Å². The summed E-state index contributed by atoms with van der Waals surface area (Å²) in [7, 11) is 0. The lowest BCUT2D eigenvalue weighted by Gasteiger charge is -2.12. The fraction of sp³-hybridized carbons (Fsp3) is 0. The number of rotatable bonds is 8. The summed E-state index contributed by atoms with van der Waals surface area (Å²) in [6.07, 6.45) is 0. The van der Waals surface area contributed by atoms with Crippen LogP contribution in [0.3, 0.4) is 0 Å². The average molecular weight is 632 g/mol. The second-order valence-corrected chi connectivity index (χ2v) is 11.4. The number of ether oxygens (including phenoxy) is 1. The normalized spacial score (nSPS) is 10.9. The summed E-state index contributed by atoms with van der Waals surface area (Å²) in [5.74, 6) is 3.71. The molecule has 0 saturated carbocycles. The Kier molecular flexibility index (Phi) is 8.17. The minimum atomic E-state index is 0.562. The number of nitrogens with zero attached hydrogens (tertiary/aromatic N) is 5. The van der Waals surface area contributed by atoms with Crippen molar-refractivity contribution in [1.82, 2.24) is 24.9 Å². The zero-order chi connectivity index (χ0) is 32.8. The smallest absolute Gasteiger partial charge is 0.164 e. The fourth-order valence-corrected chi connectivity index (χ4v) is 5.56. The summed E-state index contributed by atoms with van der Waals surface area (Å²) in [5, 5.41) is 0. The third-order valence-corrected chi connectivity index (χ3v) is 7.98. The molecular formula is C43H29N5O. The third-order valence-electron chi connectivity index (χ3n) is 7.98. The second kappa shape index (κ2) is 13.5. The van der Waals surface area contributed by atoms with Crippen LogP contribution in [0.15, 0.2) is 176 Å². The predicted octanol–water partition coefficient (Wildman–Crippen LogP) is 10.5. The summed E-state index contributed by atoms with van der Waals surface area (Å²) < 4.78 is 6.44. The van der Waals surface area contributed by atoms with Gasteiger partial charge in [-0.3, -0.25) is 0 Å². The van der Waals surface area contributed by atoms with E-state index >= 15 is 0 Å². The Labute approximate surface area is 284 Å². The molecule has 2 aromatic heterocycles. The maximum atomic E-state index is 6.44. The van der Waals surface area contributed by atoms with E-state index in [4.69, 9.17) is 29.7 Å². The first-order valence-corrected chi connectivity index (χ1v) is 16.0. The zero-order valence-electron chi connectivity index (χ0n) is 26.4. The van der Waals surface area contributed by atoms with Gasteiger partial charge in [0, 0.05) is 33.4 Å². The van der Waals surface area contributed by atoms with E-state index in [0.29, 0.717) is 34.8 Å². The van der Waals surface area contributed by atoms with Crippen molar-refractivity contribution in [3.05, 3.63) is 176 Å². The van der Waals surface area contributed by atoms with Gasteiger partial charge in [-0.25, -0.2) is 24.9 Å². The predicted molar refractivity (Wildman–Crippen MR) is 195 cm³/mol. The summed E-state index contributed by atoms with van der Waals surface area (Å²) in [5.41, 5.74) is 7.26. The van der Waals surface area contributed by atoms with Gasteiger partial charge in [0.25, 0.3) is 0 Å². The van der Waals surface area contributed by atoms with Gasteiger partial charge in [-0.1, -0.05) is 146 Å². The SMILES string of the molecule is c1ccc(-c2cc(-c3ccccc3)nc(-c3cccc(Oc4cccc(-c5nc(-c6ccccc6)nc(-c6ccccc6)n5)c4)c3)n2)cc1. The topological polar surface area (TPSA) is 73.7 Å². The van der Waals surface area contributed by atoms with E-state index in [1.54, 1.807) is 0 Å². The lowest BCUT2D eigenvalue weighted by atomic mass is 10.1. The quantitative estimate of drug-likeness (QED) is 0.166. The summed E-state index contributed by atoms with van der Waals surface area (Å²) in [6, 6.07) is 57.9. The third kappa shape index (κ3) is 6.70. The van der Waals surface area contributed by atoms with Gasteiger partial charge in [0.05, 0.1) is 11.4 Å². The maximum Gasteiger partial charge on any atom is 0.164 e. The molecule has 0 aliphatic rings. The first-order valence-electron chi connectivity index (χ1n) is 16.0. The Morgan fingerprint density at radius 3 is 1.00 bits per heavy atom. The van der Waals surface area contributed by atoms with Crippen LogP contribution in [-0.2, 0) is 0 Å². The molecule has 232 valence electrons. The highest BCUT2D eigenvalue weighted by Gasteiger charge is 2.14. The van der Waals surface area contributed by atoms with Crippen molar-refractivity contribution in [2.24, 2.45) is 0 Å². The molecule has 8 aromatic rings. The highest BCUT2D eigenvalue weighted by molar-refractivity contribution is 5.72. The van der Waals surface area contributed by atoms with Gasteiger partial charge in [0.15, 0.2) is 23.3 Å². The zero-order valence-corrected chi connectivity index (χ0v) is 26.4. The van der Waals surface area contributed by atoms with Crippen molar-refractivity contribution < 1.29 is 4.74 Å². The lowest BCUT2D eigenvalue weighted by Crippen LogP contribution is -2.00. The molecule has 6 aromatic carbocycles. The first kappa shape index (κ1) is 29.6. The van der Waals surface area contributed by atoms with Crippen LogP contribution in [0.5, 0.6) is 11.5 Å². The molecule has 0 atom stereocenters. The molecule has 0 saturated heterocycles. The van der Waals surface area contributed by atoms with Gasteiger partial charge in [-0.2, -0.15) is 0 Å². The molecule has 0 bridgehead atoms. The monoisotopic (exact) mass is 631 g/mol. The van der Waals surface area contributed by atoms with Crippen molar-refractivity contribution in [1.29, 1.82) is 0 Å². The molecule has 0 radical (unpaired) electrons. The van der Waals surface area contributed by atoms with Gasteiger partial charge < -0.3 is 4.74 Å². The summed E-state index contributed by atoms with van der Waals surface area (Å²) in [4.78, 5) is 24.5. The number of aromatic nitrogens is 5. The molecule has 0 unspecified atom stereocenters. The van der Waals surface area contributed by atoms with Gasteiger partial charge in [0.2, 0.25) is 0 Å². The van der Waals surface area contributed by atoms with Crippen LogP contribution in [0.1, 0.15) is 0 Å². The molecule has 0 spiro atoms. The van der Waals surface area contributed by atoms with E-state index in [1.807, 2.05) is 152 Å². The van der Waals surface area contributed by atoms with Crippen molar-refractivity contribution >= 4 is 0 Å². The van der Waals surface area contributed by atoms with Crippen LogP contribution in [0.25, 0.3) is 68.1 Å². The van der Waals surface area contributed by atoms with E-state index in [2.05, 4.69) is 24.3 Å². The standard InChI is InChI=1S/C43H29N5O/c1-5-15-30(16-6-1)38-29-39(31-17-7-2-8-18-31)45-42(44-38)34-23-13-25-36(27-34)49-37-26-14-24-35(28-37)43-47-40(32-19-9-3-10-20-32)46-41(48-43)33-21-11-4-12-22-33/h1-29H. The molecule has 0 N–H and O–H groups in total. The van der Waals surface area contributed by atoms with Gasteiger partial charge in [0.1, 0.15) is 11.5 Å². The number of hydrogen-bond acceptors (Lipinski definition) is 6. The Morgan fingerprint density at radius 1 is 0.265 bits per heavy atom. The van der Waals surface area contributed by atoms with E-state index in [9.17, 15) is 0 Å². The van der Waals surface area contributed by atoms with Crippen molar-refractivity contribution in [3.63, 3.8) is 0 Å². The van der Waals surface area contributed by atoms with Gasteiger partial charge in [-0.15, -0.1) is 0 Å². The molecule has 0 amide bonds. The van der Waals surface area contributed by atoms with E-state index < -0.39 is 0 Å². The van der Waals surface area contributed by atoms with Crippen LogP contribution in [-0.4, -0.2) is 24.9 Å². The van der Waals surface area contributed by atoms with Gasteiger partial charge in [-0.05, 0) is 30.3 Å². The Morgan fingerprint density at radius 2 is 0.592 bits per heavy atom. The Hall–Kier alpha value is -6.79. The molecule has 2 heterocycles. The Balaban J connectivity index is 1.14. The summed E-state index contributed by atoms with van der Waals surface area (Å²) in [6.45, 7) is 0. The molecule has 0 aliphatic carbocycles. The highest BCUT2D eigenvalue weighted by atomic mass is 16.5. The molecular weight excluding hydrogens is 603 g/mol. The highest BCUT2D eigenvalue weighted by Crippen LogP contribution is 2.32. The van der Waals surface area contributed by atoms with Gasteiger partial charge >= 0.3 is 0 Å². The van der Waals surface area contributed by atoms with Crippen LogP contribution in [0.4, 0.5) is 0 Å². The van der Waals surface area contributed by atoms with Crippen molar-refractivity contribution in [2.75, 3.05) is 0 Å². The van der Waals surface area contributed by atoms with E-state index in [1.165, 1.54) is 0 Å². The minimum Gasteiger partial charge on any atom is -0.457 e. The maximum absolute atomic E-state index is 6.44. The fourth-order valence-electron chi connectivity index (χ4n) is 5.56. The van der Waals surface area contributed by atoms with Crippen LogP contribution in [0.2, 0.25) is 0 Å². The van der Waals surface area contributed by atoms with E-state index in [-0.39, 0.29) is 0 Å². The number of hydrogen-bond donors (Lipinski definition) is 0. The number of benzene rings is 6. The van der Waals surface area contributed by atoms with Crippen LogP contribution < -0.4 is 4.74 Å². The largest absolute Gasteiger partial charge is 0.457 e. The van der Waals surface area contributed by atoms with Crippen LogP contribution in [0, 0.1) is 0 Å². The van der Waals surface area contributed by atoms with Crippen molar-refractivity contribution in [3.8, 4) is 79.6 Å². The molecule has 8 rings (SSSR count). The molecule has 49 heavy (non-hydrogen) atoms.